The Bertz CT molecular complexity index is 520. The van der Waals surface area contributed by atoms with Gasteiger partial charge in [0.05, 0.1) is 4.88 Å². The van der Waals surface area contributed by atoms with Gasteiger partial charge in [-0.05, 0) is 24.3 Å². The summed E-state index contributed by atoms with van der Waals surface area (Å²) in [6.45, 7) is -0.0774. The summed E-state index contributed by atoms with van der Waals surface area (Å²) in [6.07, 6.45) is 0. The fourth-order valence-corrected chi connectivity index (χ4v) is 3.17. The third-order valence-electron chi connectivity index (χ3n) is 2.08. The van der Waals surface area contributed by atoms with E-state index < -0.39 is 0 Å². The molecule has 0 bridgehead atoms. The Hall–Kier alpha value is -1.21. The van der Waals surface area contributed by atoms with Crippen molar-refractivity contribution >= 4 is 23.1 Å². The molecule has 0 atom stereocenters. The Kier molecular flexibility index (Phi) is 4.69. The summed E-state index contributed by atoms with van der Waals surface area (Å²) >= 11 is 3.51. The Morgan fingerprint density at radius 3 is 2.71 bits per heavy atom. The van der Waals surface area contributed by atoms with Crippen molar-refractivity contribution in [3.63, 3.8) is 0 Å². The van der Waals surface area contributed by atoms with E-state index in [2.05, 4.69) is 42.2 Å². The van der Waals surface area contributed by atoms with Crippen LogP contribution < -0.4 is 0 Å². The third-order valence-corrected chi connectivity index (χ3v) is 4.32. The SMILES string of the molecule is OCC#Cc1ccc(CSc2ccccc2)s1. The average molecular weight is 260 g/mol. The van der Waals surface area contributed by atoms with Crippen molar-refractivity contribution in [3.05, 3.63) is 52.2 Å². The Balaban J connectivity index is 1.94. The molecule has 1 N–H and O–H groups in total. The lowest BCUT2D eigenvalue weighted by Gasteiger charge is -1.97. The highest BCUT2D eigenvalue weighted by Gasteiger charge is 1.99. The van der Waals surface area contributed by atoms with Gasteiger partial charge in [-0.3, -0.25) is 0 Å². The van der Waals surface area contributed by atoms with Gasteiger partial charge in [0.25, 0.3) is 0 Å². The molecule has 1 nitrogen and oxygen atoms in total. The summed E-state index contributed by atoms with van der Waals surface area (Å²) in [5.41, 5.74) is 0. The molecule has 1 aromatic carbocycles. The number of thiophene rings is 1. The zero-order valence-corrected chi connectivity index (χ0v) is 10.9. The van der Waals surface area contributed by atoms with Crippen LogP contribution in [0.2, 0.25) is 0 Å². The van der Waals surface area contributed by atoms with E-state index in [0.717, 1.165) is 10.6 Å². The van der Waals surface area contributed by atoms with Crippen molar-refractivity contribution < 1.29 is 5.11 Å². The van der Waals surface area contributed by atoms with Crippen LogP contribution in [0.25, 0.3) is 0 Å². The summed E-state index contributed by atoms with van der Waals surface area (Å²) in [5.74, 6) is 6.55. The first-order valence-corrected chi connectivity index (χ1v) is 7.05. The molecule has 0 aliphatic carbocycles. The van der Waals surface area contributed by atoms with Crippen molar-refractivity contribution in [1.29, 1.82) is 0 Å². The van der Waals surface area contributed by atoms with Crippen molar-refractivity contribution in [2.45, 2.75) is 10.6 Å². The first kappa shape index (κ1) is 12.3. The van der Waals surface area contributed by atoms with Gasteiger partial charge in [-0.2, -0.15) is 0 Å². The summed E-state index contributed by atoms with van der Waals surface area (Å²) in [5, 5.41) is 8.61. The molecule has 0 aliphatic heterocycles. The van der Waals surface area contributed by atoms with E-state index in [-0.39, 0.29) is 6.61 Å². The second kappa shape index (κ2) is 6.51. The van der Waals surface area contributed by atoms with E-state index >= 15 is 0 Å². The molecule has 1 aromatic heterocycles. The molecule has 1 heterocycles. The van der Waals surface area contributed by atoms with E-state index in [1.54, 1.807) is 11.3 Å². The molecule has 0 saturated heterocycles. The number of aliphatic hydroxyl groups excluding tert-OH is 1. The maximum Gasteiger partial charge on any atom is 0.104 e. The molecular weight excluding hydrogens is 248 g/mol. The van der Waals surface area contributed by atoms with Crippen LogP contribution in [0.5, 0.6) is 0 Å². The normalized spacial score (nSPS) is 9.71. The Morgan fingerprint density at radius 2 is 1.94 bits per heavy atom. The van der Waals surface area contributed by atoms with Crippen LogP contribution in [0, 0.1) is 11.8 Å². The summed E-state index contributed by atoms with van der Waals surface area (Å²) in [4.78, 5) is 3.60. The second-order valence-electron chi connectivity index (χ2n) is 3.33. The molecule has 0 unspecified atom stereocenters. The minimum absolute atomic E-state index is 0.0774. The van der Waals surface area contributed by atoms with Crippen LogP contribution in [0.3, 0.4) is 0 Å². The van der Waals surface area contributed by atoms with Crippen LogP contribution in [-0.4, -0.2) is 11.7 Å². The summed E-state index contributed by atoms with van der Waals surface area (Å²) < 4.78 is 0. The highest BCUT2D eigenvalue weighted by Crippen LogP contribution is 2.26. The van der Waals surface area contributed by atoms with Gasteiger partial charge in [0.15, 0.2) is 0 Å². The van der Waals surface area contributed by atoms with Gasteiger partial charge in [0.1, 0.15) is 6.61 Å². The molecule has 0 spiro atoms. The third kappa shape index (κ3) is 3.94. The van der Waals surface area contributed by atoms with Crippen molar-refractivity contribution in [2.24, 2.45) is 0 Å². The predicted molar refractivity (Wildman–Crippen MR) is 74.3 cm³/mol. The van der Waals surface area contributed by atoms with Crippen LogP contribution in [-0.2, 0) is 5.75 Å². The van der Waals surface area contributed by atoms with Gasteiger partial charge in [0, 0.05) is 15.5 Å². The van der Waals surface area contributed by atoms with Gasteiger partial charge >= 0.3 is 0 Å². The fourth-order valence-electron chi connectivity index (χ4n) is 1.32. The smallest absolute Gasteiger partial charge is 0.104 e. The number of hydrogen-bond donors (Lipinski definition) is 1. The van der Waals surface area contributed by atoms with Gasteiger partial charge in [0.2, 0.25) is 0 Å². The first-order valence-electron chi connectivity index (χ1n) is 5.25. The molecule has 2 rings (SSSR count). The molecule has 0 saturated carbocycles. The van der Waals surface area contributed by atoms with Crippen molar-refractivity contribution in [2.75, 3.05) is 6.61 Å². The monoisotopic (exact) mass is 260 g/mol. The lowest BCUT2D eigenvalue weighted by molar-refractivity contribution is 0.350. The van der Waals surface area contributed by atoms with Crippen molar-refractivity contribution in [1.82, 2.24) is 0 Å². The number of rotatable bonds is 3. The van der Waals surface area contributed by atoms with Crippen LogP contribution in [0.15, 0.2) is 47.4 Å². The highest BCUT2D eigenvalue weighted by molar-refractivity contribution is 7.98. The maximum absolute atomic E-state index is 8.61. The zero-order valence-electron chi connectivity index (χ0n) is 9.22. The molecule has 3 heteroatoms. The summed E-state index contributed by atoms with van der Waals surface area (Å²) in [6, 6.07) is 14.5. The lowest BCUT2D eigenvalue weighted by atomic mass is 10.4. The summed E-state index contributed by atoms with van der Waals surface area (Å²) in [7, 11) is 0. The number of aliphatic hydroxyl groups is 1. The van der Waals surface area contributed by atoms with Crippen molar-refractivity contribution in [3.8, 4) is 11.8 Å². The first-order chi connectivity index (χ1) is 8.38. The zero-order chi connectivity index (χ0) is 11.9. The van der Waals surface area contributed by atoms with Crippen LogP contribution >= 0.6 is 23.1 Å². The highest BCUT2D eigenvalue weighted by atomic mass is 32.2. The molecule has 2 aromatic rings. The second-order valence-corrected chi connectivity index (χ2v) is 5.54. The number of benzene rings is 1. The van der Waals surface area contributed by atoms with Gasteiger partial charge in [-0.25, -0.2) is 0 Å². The minimum atomic E-state index is -0.0774. The molecule has 0 aliphatic rings. The van der Waals surface area contributed by atoms with Crippen LogP contribution in [0.4, 0.5) is 0 Å². The lowest BCUT2D eigenvalue weighted by Crippen LogP contribution is -1.73. The molecule has 0 amide bonds. The van der Waals surface area contributed by atoms with E-state index in [4.69, 9.17) is 5.11 Å². The van der Waals surface area contributed by atoms with E-state index in [1.807, 2.05) is 23.9 Å². The molecule has 86 valence electrons. The average Bonchev–Trinajstić information content (AvgIpc) is 2.83. The van der Waals surface area contributed by atoms with Crippen LogP contribution in [0.1, 0.15) is 9.75 Å². The fraction of sp³-hybridized carbons (Fsp3) is 0.143. The van der Waals surface area contributed by atoms with Gasteiger partial charge in [-0.1, -0.05) is 30.0 Å². The topological polar surface area (TPSA) is 20.2 Å². The Labute approximate surface area is 110 Å². The minimum Gasteiger partial charge on any atom is -0.384 e. The van der Waals surface area contributed by atoms with E-state index in [1.165, 1.54) is 9.77 Å². The number of hydrogen-bond acceptors (Lipinski definition) is 3. The van der Waals surface area contributed by atoms with E-state index in [9.17, 15) is 0 Å². The standard InChI is InChI=1S/C14H12OS2/c15-10-4-7-13-8-9-14(17-13)11-16-12-5-2-1-3-6-12/h1-3,5-6,8-9,15H,10-11H2. The van der Waals surface area contributed by atoms with Gasteiger partial charge < -0.3 is 5.11 Å². The largest absolute Gasteiger partial charge is 0.384 e. The molecule has 17 heavy (non-hydrogen) atoms. The predicted octanol–water partition coefficient (Wildman–Crippen LogP) is 3.38. The van der Waals surface area contributed by atoms with Gasteiger partial charge in [-0.15, -0.1) is 23.1 Å². The quantitative estimate of drug-likeness (QED) is 0.674. The van der Waals surface area contributed by atoms with E-state index in [0.29, 0.717) is 0 Å². The molecular formula is C14H12OS2. The molecule has 0 radical (unpaired) electrons. The number of thioether (sulfide) groups is 1. The molecule has 0 fully saturated rings. The Morgan fingerprint density at radius 1 is 1.12 bits per heavy atom. The maximum atomic E-state index is 8.61.